The van der Waals surface area contributed by atoms with Crippen LogP contribution in [-0.2, 0) is 10.0 Å². The molecule has 0 spiro atoms. The number of carbonyl (C=O) groups excluding carboxylic acids is 1. The molecule has 0 aromatic heterocycles. The van der Waals surface area contributed by atoms with Crippen molar-refractivity contribution in [2.24, 2.45) is 11.8 Å². The van der Waals surface area contributed by atoms with Gasteiger partial charge in [-0.2, -0.15) is 4.31 Å². The minimum atomic E-state index is -3.57. The van der Waals surface area contributed by atoms with Gasteiger partial charge in [-0.25, -0.2) is 8.42 Å². The van der Waals surface area contributed by atoms with Crippen LogP contribution >= 0.6 is 12.4 Å². The van der Waals surface area contributed by atoms with E-state index in [2.05, 4.69) is 5.32 Å². The van der Waals surface area contributed by atoms with E-state index in [0.717, 1.165) is 44.6 Å². The fraction of sp³-hybridized carbons (Fsp3) is 0.650. The highest BCUT2D eigenvalue weighted by Gasteiger charge is 2.32. The molecule has 3 rings (SSSR count). The molecular weight excluding hydrogens is 398 g/mol. The number of carbonyl (C=O) groups is 1. The number of aryl methyl sites for hydroxylation is 1. The molecule has 2 aliphatic heterocycles. The van der Waals surface area contributed by atoms with Gasteiger partial charge in [0, 0.05) is 31.7 Å². The van der Waals surface area contributed by atoms with E-state index in [1.54, 1.807) is 18.2 Å². The summed E-state index contributed by atoms with van der Waals surface area (Å²) in [6, 6.07) is 4.93. The van der Waals surface area contributed by atoms with Gasteiger partial charge in [-0.3, -0.25) is 4.79 Å². The molecule has 2 saturated heterocycles. The van der Waals surface area contributed by atoms with Gasteiger partial charge in [-0.05, 0) is 62.4 Å². The first-order chi connectivity index (χ1) is 12.9. The van der Waals surface area contributed by atoms with Crippen molar-refractivity contribution < 1.29 is 13.2 Å². The molecule has 1 aromatic rings. The number of halogens is 1. The van der Waals surface area contributed by atoms with Crippen molar-refractivity contribution in [1.29, 1.82) is 0 Å². The fourth-order valence-corrected chi connectivity index (χ4v) is 5.78. The monoisotopic (exact) mass is 429 g/mol. The lowest BCUT2D eigenvalue weighted by molar-refractivity contribution is 0.0757. The Morgan fingerprint density at radius 1 is 1.14 bits per heavy atom. The van der Waals surface area contributed by atoms with Crippen LogP contribution in [0, 0.1) is 18.8 Å². The van der Waals surface area contributed by atoms with Crippen LogP contribution in [0.5, 0.6) is 0 Å². The maximum Gasteiger partial charge on any atom is 0.254 e. The SMILES string of the molecule is CCN(CC)S(=O)(=O)c1ccc(C)c(C(=O)N2CC[C@@H]3CNC[C@@H]3CC2)c1.Cl. The minimum Gasteiger partial charge on any atom is -0.339 e. The lowest BCUT2D eigenvalue weighted by Crippen LogP contribution is -2.34. The third-order valence-electron chi connectivity index (χ3n) is 6.09. The van der Waals surface area contributed by atoms with Gasteiger partial charge in [-0.15, -0.1) is 12.4 Å². The van der Waals surface area contributed by atoms with E-state index in [0.29, 0.717) is 30.5 Å². The molecule has 0 saturated carbocycles. The van der Waals surface area contributed by atoms with Crippen LogP contribution in [0.3, 0.4) is 0 Å². The predicted octanol–water partition coefficient (Wildman–Crippen LogP) is 2.52. The van der Waals surface area contributed by atoms with Gasteiger partial charge in [0.25, 0.3) is 5.91 Å². The fourth-order valence-electron chi connectivity index (χ4n) is 4.30. The number of likely N-dealkylation sites (tertiary alicyclic amines) is 1. The number of amides is 1. The van der Waals surface area contributed by atoms with Crippen molar-refractivity contribution in [1.82, 2.24) is 14.5 Å². The Morgan fingerprint density at radius 2 is 1.71 bits per heavy atom. The summed E-state index contributed by atoms with van der Waals surface area (Å²) in [5, 5.41) is 3.45. The predicted molar refractivity (Wildman–Crippen MR) is 114 cm³/mol. The van der Waals surface area contributed by atoms with E-state index in [9.17, 15) is 13.2 Å². The normalized spacial score (nSPS) is 22.5. The summed E-state index contributed by atoms with van der Waals surface area (Å²) in [7, 11) is -3.57. The van der Waals surface area contributed by atoms with E-state index in [1.165, 1.54) is 4.31 Å². The summed E-state index contributed by atoms with van der Waals surface area (Å²) in [5.74, 6) is 1.26. The molecule has 1 aromatic carbocycles. The van der Waals surface area contributed by atoms with Crippen molar-refractivity contribution >= 4 is 28.3 Å². The van der Waals surface area contributed by atoms with Crippen LogP contribution in [0.1, 0.15) is 42.6 Å². The largest absolute Gasteiger partial charge is 0.339 e. The second kappa shape index (κ2) is 9.57. The highest BCUT2D eigenvalue weighted by molar-refractivity contribution is 7.89. The standard InChI is InChI=1S/C20H31N3O3S.ClH/c1-4-23(5-2)27(25,26)18-7-6-15(3)19(12-18)20(24)22-10-8-16-13-21-14-17(16)9-11-22;/h6-7,12,16-17,21H,4-5,8-11,13-14H2,1-3H3;1H/t16-,17+;. The van der Waals surface area contributed by atoms with E-state index >= 15 is 0 Å². The highest BCUT2D eigenvalue weighted by atomic mass is 35.5. The van der Waals surface area contributed by atoms with Crippen LogP contribution in [0.15, 0.2) is 23.1 Å². The second-order valence-electron chi connectivity index (χ2n) is 7.61. The molecule has 1 amide bonds. The summed E-state index contributed by atoms with van der Waals surface area (Å²) in [6.07, 6.45) is 2.03. The maximum absolute atomic E-state index is 13.2. The van der Waals surface area contributed by atoms with Gasteiger partial charge in [0.15, 0.2) is 0 Å². The number of rotatable bonds is 5. The van der Waals surface area contributed by atoms with Gasteiger partial charge in [0.1, 0.15) is 0 Å². The van der Waals surface area contributed by atoms with Gasteiger partial charge >= 0.3 is 0 Å². The average molecular weight is 430 g/mol. The minimum absolute atomic E-state index is 0. The van der Waals surface area contributed by atoms with Crippen molar-refractivity contribution in [3.8, 4) is 0 Å². The Morgan fingerprint density at radius 3 is 2.25 bits per heavy atom. The Labute approximate surface area is 175 Å². The van der Waals surface area contributed by atoms with Crippen LogP contribution < -0.4 is 5.32 Å². The molecule has 0 unspecified atom stereocenters. The molecule has 2 fully saturated rings. The zero-order valence-electron chi connectivity index (χ0n) is 17.0. The first kappa shape index (κ1) is 23.1. The molecule has 8 heteroatoms. The van der Waals surface area contributed by atoms with Crippen LogP contribution in [-0.4, -0.2) is 62.8 Å². The van der Waals surface area contributed by atoms with E-state index in [1.807, 2.05) is 25.7 Å². The van der Waals surface area contributed by atoms with Crippen molar-refractivity contribution in [2.75, 3.05) is 39.3 Å². The molecule has 6 nitrogen and oxygen atoms in total. The number of hydrogen-bond acceptors (Lipinski definition) is 4. The molecular formula is C20H32ClN3O3S. The number of benzene rings is 1. The topological polar surface area (TPSA) is 69.7 Å². The van der Waals surface area contributed by atoms with Crippen LogP contribution in [0.2, 0.25) is 0 Å². The molecule has 1 N–H and O–H groups in total. The third kappa shape index (κ3) is 4.53. The molecule has 158 valence electrons. The quantitative estimate of drug-likeness (QED) is 0.780. The maximum atomic E-state index is 13.2. The summed E-state index contributed by atoms with van der Waals surface area (Å²) in [6.45, 7) is 9.93. The molecule has 28 heavy (non-hydrogen) atoms. The van der Waals surface area contributed by atoms with Crippen molar-refractivity contribution in [3.05, 3.63) is 29.3 Å². The molecule has 0 aliphatic carbocycles. The second-order valence-corrected chi connectivity index (χ2v) is 9.55. The Kier molecular flexibility index (Phi) is 7.90. The lowest BCUT2D eigenvalue weighted by Gasteiger charge is -2.23. The summed E-state index contributed by atoms with van der Waals surface area (Å²) in [5.41, 5.74) is 1.33. The molecule has 0 bridgehead atoms. The Hall–Kier alpha value is -1.15. The number of fused-ring (bicyclic) bond motifs is 1. The van der Waals surface area contributed by atoms with Crippen molar-refractivity contribution in [3.63, 3.8) is 0 Å². The summed E-state index contributed by atoms with van der Waals surface area (Å²) < 4.78 is 27.1. The number of nitrogens with zero attached hydrogens (tertiary/aromatic N) is 2. The number of nitrogens with one attached hydrogen (secondary N) is 1. The molecule has 2 heterocycles. The molecule has 0 radical (unpaired) electrons. The van der Waals surface area contributed by atoms with Gasteiger partial charge in [0.05, 0.1) is 4.90 Å². The first-order valence-corrected chi connectivity index (χ1v) is 11.4. The van der Waals surface area contributed by atoms with E-state index in [4.69, 9.17) is 0 Å². The molecule has 2 atom stereocenters. The van der Waals surface area contributed by atoms with Crippen LogP contribution in [0.4, 0.5) is 0 Å². The van der Waals surface area contributed by atoms with Crippen LogP contribution in [0.25, 0.3) is 0 Å². The van der Waals surface area contributed by atoms with E-state index in [-0.39, 0.29) is 23.2 Å². The summed E-state index contributed by atoms with van der Waals surface area (Å²) >= 11 is 0. The average Bonchev–Trinajstić information content (AvgIpc) is 3.00. The third-order valence-corrected chi connectivity index (χ3v) is 8.14. The van der Waals surface area contributed by atoms with Gasteiger partial charge < -0.3 is 10.2 Å². The van der Waals surface area contributed by atoms with E-state index < -0.39 is 10.0 Å². The Balaban J connectivity index is 0.00000280. The summed E-state index contributed by atoms with van der Waals surface area (Å²) in [4.78, 5) is 15.3. The number of hydrogen-bond donors (Lipinski definition) is 1. The first-order valence-electron chi connectivity index (χ1n) is 9.99. The zero-order chi connectivity index (χ0) is 19.6. The van der Waals surface area contributed by atoms with Gasteiger partial charge in [-0.1, -0.05) is 19.9 Å². The smallest absolute Gasteiger partial charge is 0.254 e. The Bertz CT molecular complexity index is 782. The lowest BCUT2D eigenvalue weighted by atomic mass is 9.92. The number of sulfonamides is 1. The highest BCUT2D eigenvalue weighted by Crippen LogP contribution is 2.28. The van der Waals surface area contributed by atoms with Crippen molar-refractivity contribution in [2.45, 2.75) is 38.5 Å². The van der Waals surface area contributed by atoms with Gasteiger partial charge in [0.2, 0.25) is 10.0 Å². The zero-order valence-corrected chi connectivity index (χ0v) is 18.6. The molecule has 2 aliphatic rings.